The van der Waals surface area contributed by atoms with Crippen LogP contribution in [0.4, 0.5) is 5.82 Å². The third-order valence-electron chi connectivity index (χ3n) is 2.84. The first kappa shape index (κ1) is 11.3. The molecule has 0 radical (unpaired) electrons. The van der Waals surface area contributed by atoms with E-state index in [1.165, 1.54) is 17.7 Å². The highest BCUT2D eigenvalue weighted by Crippen LogP contribution is 2.30. The Morgan fingerprint density at radius 1 is 1.35 bits per heavy atom. The second-order valence-electron chi connectivity index (χ2n) is 3.89. The summed E-state index contributed by atoms with van der Waals surface area (Å²) in [5, 5.41) is 4.07. The summed E-state index contributed by atoms with van der Waals surface area (Å²) in [6.45, 7) is 0. The Morgan fingerprint density at radius 3 is 2.94 bits per heavy atom. The quantitative estimate of drug-likeness (QED) is 0.839. The number of hydrogen-bond donors (Lipinski definition) is 1. The molecule has 2 heterocycles. The second-order valence-corrected chi connectivity index (χ2v) is 6.82. The van der Waals surface area contributed by atoms with Crippen molar-refractivity contribution in [3.63, 3.8) is 0 Å². The fourth-order valence-corrected chi connectivity index (χ4v) is 3.44. The summed E-state index contributed by atoms with van der Waals surface area (Å²) in [4.78, 5) is 13.6. The Kier molecular flexibility index (Phi) is 2.99. The molecule has 3 rings (SSSR count). The van der Waals surface area contributed by atoms with Crippen LogP contribution in [0.15, 0.2) is 6.20 Å². The highest BCUT2D eigenvalue weighted by atomic mass is 127. The number of aryl methyl sites for hydroxylation is 1. The summed E-state index contributed by atoms with van der Waals surface area (Å²) in [6, 6.07) is 0. The van der Waals surface area contributed by atoms with Crippen LogP contribution >= 0.6 is 33.9 Å². The predicted octanol–water partition coefficient (Wildman–Crippen LogP) is 2.74. The number of nitrogens with one attached hydrogen (secondary N) is 1. The van der Waals surface area contributed by atoms with Gasteiger partial charge in [0.15, 0.2) is 10.8 Å². The SMILES string of the molecule is CNc1nc(-c2ncc(I)s2)nc2c1CCC2. The molecule has 4 nitrogen and oxygen atoms in total. The molecule has 17 heavy (non-hydrogen) atoms. The number of halogens is 1. The van der Waals surface area contributed by atoms with Gasteiger partial charge in [0.2, 0.25) is 0 Å². The van der Waals surface area contributed by atoms with Crippen molar-refractivity contribution in [2.24, 2.45) is 0 Å². The van der Waals surface area contributed by atoms with Gasteiger partial charge < -0.3 is 5.32 Å². The van der Waals surface area contributed by atoms with E-state index in [1.807, 2.05) is 13.2 Å². The van der Waals surface area contributed by atoms with Gasteiger partial charge in [0, 0.05) is 18.3 Å². The molecule has 0 atom stereocenters. The van der Waals surface area contributed by atoms with Crippen molar-refractivity contribution in [2.45, 2.75) is 19.3 Å². The molecule has 0 saturated heterocycles. The molecule has 0 fully saturated rings. The minimum atomic E-state index is 0.753. The van der Waals surface area contributed by atoms with Crippen LogP contribution in [0.1, 0.15) is 17.7 Å². The number of thiazole rings is 1. The smallest absolute Gasteiger partial charge is 0.190 e. The van der Waals surface area contributed by atoms with E-state index < -0.39 is 0 Å². The average Bonchev–Trinajstić information content (AvgIpc) is 2.95. The number of rotatable bonds is 2. The van der Waals surface area contributed by atoms with E-state index in [2.05, 4.69) is 42.9 Å². The summed E-state index contributed by atoms with van der Waals surface area (Å²) < 4.78 is 1.16. The standard InChI is InChI=1S/C11H11IN4S/c1-13-9-6-3-2-4-7(6)15-10(16-9)11-14-5-8(12)17-11/h5H,2-4H2,1H3,(H,13,15,16). The molecule has 2 aromatic heterocycles. The molecule has 0 unspecified atom stereocenters. The number of aromatic nitrogens is 3. The summed E-state index contributed by atoms with van der Waals surface area (Å²) in [5.41, 5.74) is 2.46. The van der Waals surface area contributed by atoms with Gasteiger partial charge in [-0.2, -0.15) is 0 Å². The monoisotopic (exact) mass is 358 g/mol. The minimum absolute atomic E-state index is 0.753. The lowest BCUT2D eigenvalue weighted by atomic mass is 10.2. The third kappa shape index (κ3) is 2.03. The summed E-state index contributed by atoms with van der Waals surface area (Å²) >= 11 is 3.90. The van der Waals surface area contributed by atoms with Crippen LogP contribution in [0.3, 0.4) is 0 Å². The zero-order valence-corrected chi connectivity index (χ0v) is 12.3. The molecule has 2 aromatic rings. The fourth-order valence-electron chi connectivity index (χ4n) is 2.09. The fraction of sp³-hybridized carbons (Fsp3) is 0.364. The van der Waals surface area contributed by atoms with Crippen molar-refractivity contribution >= 4 is 39.7 Å². The maximum atomic E-state index is 4.64. The first-order valence-corrected chi connectivity index (χ1v) is 7.36. The van der Waals surface area contributed by atoms with Gasteiger partial charge in [-0.25, -0.2) is 15.0 Å². The van der Waals surface area contributed by atoms with Crippen LogP contribution in [0, 0.1) is 2.88 Å². The predicted molar refractivity (Wildman–Crippen MR) is 77.4 cm³/mol. The maximum absolute atomic E-state index is 4.64. The lowest BCUT2D eigenvalue weighted by Crippen LogP contribution is -2.03. The molecule has 1 N–H and O–H groups in total. The van der Waals surface area contributed by atoms with Gasteiger partial charge in [-0.05, 0) is 41.9 Å². The largest absolute Gasteiger partial charge is 0.373 e. The van der Waals surface area contributed by atoms with Crippen LogP contribution in [-0.2, 0) is 12.8 Å². The zero-order valence-electron chi connectivity index (χ0n) is 9.33. The molecule has 0 aliphatic heterocycles. The van der Waals surface area contributed by atoms with Gasteiger partial charge in [0.25, 0.3) is 0 Å². The van der Waals surface area contributed by atoms with Crippen molar-refractivity contribution in [3.05, 3.63) is 20.3 Å². The summed E-state index contributed by atoms with van der Waals surface area (Å²) in [5.74, 6) is 1.72. The summed E-state index contributed by atoms with van der Waals surface area (Å²) in [7, 11) is 1.91. The number of fused-ring (bicyclic) bond motifs is 1. The lowest BCUT2D eigenvalue weighted by Gasteiger charge is -2.07. The van der Waals surface area contributed by atoms with Crippen molar-refractivity contribution in [2.75, 3.05) is 12.4 Å². The van der Waals surface area contributed by atoms with E-state index in [4.69, 9.17) is 0 Å². The molecule has 6 heteroatoms. The lowest BCUT2D eigenvalue weighted by molar-refractivity contribution is 0.900. The topological polar surface area (TPSA) is 50.7 Å². The summed E-state index contributed by atoms with van der Waals surface area (Å²) in [6.07, 6.45) is 5.18. The maximum Gasteiger partial charge on any atom is 0.190 e. The molecule has 1 aliphatic rings. The van der Waals surface area contributed by atoms with Crippen LogP contribution in [0.5, 0.6) is 0 Å². The van der Waals surface area contributed by atoms with Gasteiger partial charge in [-0.1, -0.05) is 0 Å². The van der Waals surface area contributed by atoms with Gasteiger partial charge in [-0.15, -0.1) is 11.3 Å². The Hall–Kier alpha value is -0.760. The van der Waals surface area contributed by atoms with Crippen molar-refractivity contribution in [1.82, 2.24) is 15.0 Å². The Labute approximate surface area is 117 Å². The van der Waals surface area contributed by atoms with Gasteiger partial charge in [0.1, 0.15) is 5.82 Å². The third-order valence-corrected chi connectivity index (χ3v) is 4.56. The van der Waals surface area contributed by atoms with E-state index in [0.717, 1.165) is 32.4 Å². The van der Waals surface area contributed by atoms with E-state index in [1.54, 1.807) is 11.3 Å². The molecule has 0 amide bonds. The Bertz CT molecular complexity index is 567. The first-order chi connectivity index (χ1) is 8.28. The zero-order chi connectivity index (χ0) is 11.8. The van der Waals surface area contributed by atoms with Crippen LogP contribution in [-0.4, -0.2) is 22.0 Å². The first-order valence-electron chi connectivity index (χ1n) is 5.47. The van der Waals surface area contributed by atoms with Crippen LogP contribution in [0.2, 0.25) is 0 Å². The Morgan fingerprint density at radius 2 is 2.24 bits per heavy atom. The molecular formula is C11H11IN4S. The number of anilines is 1. The van der Waals surface area contributed by atoms with E-state index >= 15 is 0 Å². The molecule has 1 aliphatic carbocycles. The molecule has 0 spiro atoms. The van der Waals surface area contributed by atoms with Gasteiger partial charge in [-0.3, -0.25) is 0 Å². The normalized spacial score (nSPS) is 13.8. The average molecular weight is 358 g/mol. The minimum Gasteiger partial charge on any atom is -0.373 e. The Balaban J connectivity index is 2.12. The second kappa shape index (κ2) is 4.49. The van der Waals surface area contributed by atoms with Crippen molar-refractivity contribution in [1.29, 1.82) is 0 Å². The van der Waals surface area contributed by atoms with Crippen LogP contribution in [0.25, 0.3) is 10.8 Å². The molecule has 0 saturated carbocycles. The number of nitrogens with zero attached hydrogens (tertiary/aromatic N) is 3. The van der Waals surface area contributed by atoms with E-state index in [0.29, 0.717) is 0 Å². The van der Waals surface area contributed by atoms with E-state index in [-0.39, 0.29) is 0 Å². The van der Waals surface area contributed by atoms with Crippen LogP contribution < -0.4 is 5.32 Å². The van der Waals surface area contributed by atoms with Gasteiger partial charge >= 0.3 is 0 Å². The molecule has 0 aromatic carbocycles. The van der Waals surface area contributed by atoms with E-state index in [9.17, 15) is 0 Å². The molecular weight excluding hydrogens is 347 g/mol. The van der Waals surface area contributed by atoms with Gasteiger partial charge in [0.05, 0.1) is 9.08 Å². The molecule has 88 valence electrons. The molecule has 0 bridgehead atoms. The van der Waals surface area contributed by atoms with Crippen molar-refractivity contribution < 1.29 is 0 Å². The number of hydrogen-bond acceptors (Lipinski definition) is 5. The highest BCUT2D eigenvalue weighted by molar-refractivity contribution is 14.1. The van der Waals surface area contributed by atoms with Crippen molar-refractivity contribution in [3.8, 4) is 10.8 Å². The highest BCUT2D eigenvalue weighted by Gasteiger charge is 2.20.